The number of Topliss-reactive ketones (excluding diaryl/α,β-unsaturated/α-hetero) is 4. The lowest BCUT2D eigenvalue weighted by Crippen LogP contribution is -2.29. The van der Waals surface area contributed by atoms with Gasteiger partial charge in [-0.25, -0.2) is 0 Å². The van der Waals surface area contributed by atoms with Crippen LogP contribution in [0.4, 0.5) is 22.0 Å². The van der Waals surface area contributed by atoms with E-state index < -0.39 is 34.6 Å². The molecular formula is C62H79F5O8. The smallest absolute Gasteiger partial charge is 0.494 e. The average Bonchev–Trinajstić information content (AvgIpc) is 3.34. The van der Waals surface area contributed by atoms with Gasteiger partial charge in [0.2, 0.25) is 0 Å². The van der Waals surface area contributed by atoms with Crippen molar-refractivity contribution in [1.82, 2.24) is 0 Å². The molecule has 4 aromatic carbocycles. The molecule has 0 spiro atoms. The third-order valence-corrected chi connectivity index (χ3v) is 13.4. The molecule has 13 heteroatoms. The van der Waals surface area contributed by atoms with Crippen LogP contribution in [0, 0.1) is 0 Å². The molecule has 0 aromatic heterocycles. The minimum absolute atomic E-state index is 0.00456. The average molecular weight is 1050 g/mol. The van der Waals surface area contributed by atoms with Crippen molar-refractivity contribution in [2.24, 2.45) is 0 Å². The number of ether oxygens (including phenoxy) is 4. The Morgan fingerprint density at radius 1 is 0.493 bits per heavy atom. The number of unbranched alkanes of at least 4 members (excludes halogenated alkanes) is 1. The van der Waals surface area contributed by atoms with Gasteiger partial charge in [0.25, 0.3) is 0 Å². The number of hydrogen-bond acceptors (Lipinski definition) is 8. The minimum atomic E-state index is -4.72. The highest BCUT2D eigenvalue weighted by Crippen LogP contribution is 2.35. The van der Waals surface area contributed by atoms with Gasteiger partial charge in [0.15, 0.2) is 0 Å². The third kappa shape index (κ3) is 20.9. The highest BCUT2D eigenvalue weighted by atomic mass is 19.4. The van der Waals surface area contributed by atoms with E-state index in [1.807, 2.05) is 69.3 Å². The molecular weight excluding hydrogens is 968 g/mol. The fourth-order valence-corrected chi connectivity index (χ4v) is 7.51. The Morgan fingerprint density at radius 2 is 0.773 bits per heavy atom. The van der Waals surface area contributed by atoms with E-state index in [0.717, 1.165) is 54.1 Å². The van der Waals surface area contributed by atoms with E-state index in [-0.39, 0.29) is 40.7 Å². The second-order valence-electron chi connectivity index (χ2n) is 19.1. The zero-order chi connectivity index (χ0) is 57.2. The number of benzene rings is 4. The highest BCUT2D eigenvalue weighted by Gasteiger charge is 2.35. The second kappa shape index (κ2) is 31.3. The minimum Gasteiger partial charge on any atom is -0.494 e. The van der Waals surface area contributed by atoms with Crippen molar-refractivity contribution in [1.29, 1.82) is 0 Å². The van der Waals surface area contributed by atoms with Gasteiger partial charge in [-0.05, 0) is 172 Å². The van der Waals surface area contributed by atoms with Crippen LogP contribution >= 0.6 is 0 Å². The number of halogens is 5. The second-order valence-corrected chi connectivity index (χ2v) is 19.1. The van der Waals surface area contributed by atoms with E-state index in [2.05, 4.69) is 49.6 Å². The summed E-state index contributed by atoms with van der Waals surface area (Å²) >= 11 is 0. The fourth-order valence-electron chi connectivity index (χ4n) is 7.51. The van der Waals surface area contributed by atoms with E-state index in [1.165, 1.54) is 50.2 Å². The fraction of sp³-hybridized carbons (Fsp3) is 0.419. The number of hydrogen-bond donors (Lipinski definition) is 0. The number of carbonyl (C=O) groups is 4. The largest absolute Gasteiger partial charge is 0.573 e. The molecule has 75 heavy (non-hydrogen) atoms. The summed E-state index contributed by atoms with van der Waals surface area (Å²) in [6.45, 7) is 32.6. The topological polar surface area (TPSA) is 105 Å². The molecule has 0 aliphatic heterocycles. The normalized spacial score (nSPS) is 14.4. The lowest BCUT2D eigenvalue weighted by Gasteiger charge is -2.26. The zero-order valence-corrected chi connectivity index (χ0v) is 45.8. The monoisotopic (exact) mass is 1050 g/mol. The molecule has 410 valence electrons. The van der Waals surface area contributed by atoms with Crippen LogP contribution in [0.2, 0.25) is 0 Å². The van der Waals surface area contributed by atoms with Gasteiger partial charge in [0.05, 0.1) is 34.4 Å². The van der Waals surface area contributed by atoms with E-state index in [0.29, 0.717) is 31.2 Å². The zero-order valence-electron chi connectivity index (χ0n) is 45.8. The SMILES string of the molecule is C=CCC(C)(C(C)=O)c1ccc(OC(C)CC)cc1.C=CCC(C)(C(C)=O)c1ccc(OC(F)(F)F)cc1.C=CCC(C)(C(C)=O)c1ccc(OC(F)F)cc1.C=CCC(C)(C(C)=O)c1ccc(OCCCC)cc1. The first-order valence-corrected chi connectivity index (χ1v) is 25.0. The van der Waals surface area contributed by atoms with Gasteiger partial charge in [-0.15, -0.1) is 39.5 Å². The van der Waals surface area contributed by atoms with Crippen molar-refractivity contribution in [3.05, 3.63) is 170 Å². The maximum Gasteiger partial charge on any atom is 0.573 e. The molecule has 4 rings (SSSR count). The maximum absolute atomic E-state index is 12.0. The first-order chi connectivity index (χ1) is 35.1. The molecule has 0 fully saturated rings. The quantitative estimate of drug-likeness (QED) is 0.0348. The summed E-state index contributed by atoms with van der Waals surface area (Å²) in [6.07, 6.45) is 7.74. The Bertz CT molecular complexity index is 2430. The molecule has 0 heterocycles. The Hall–Kier alpha value is -6.63. The molecule has 4 aromatic rings. The molecule has 5 atom stereocenters. The van der Waals surface area contributed by atoms with Crippen LogP contribution in [0.1, 0.15) is 143 Å². The molecule has 5 unspecified atom stereocenters. The maximum atomic E-state index is 12.0. The lowest BCUT2D eigenvalue weighted by molar-refractivity contribution is -0.274. The van der Waals surface area contributed by atoms with Gasteiger partial charge in [-0.2, -0.15) is 8.78 Å². The van der Waals surface area contributed by atoms with Crippen LogP contribution in [0.3, 0.4) is 0 Å². The number of allylic oxidation sites excluding steroid dienone is 4. The Kier molecular flexibility index (Phi) is 27.7. The standard InChI is InChI=1S/2C17H24O2.C14H15F3O2.C14H16F2O2/c1-6-12-17(5,14(4)18)15-8-10-16(11-9-15)19-13(3)7-2;1-5-7-13-19-16-10-8-15(9-11-16)17(4,12-6-2)14(3)18;1-4-9-13(3,10(2)18)11-5-7-12(8-6-11)19-14(15,16)17;1-4-9-14(3,10(2)17)11-5-7-12(8-6-11)18-13(15)16/h6,8-11,13H,1,7,12H2,2-5H3;6,8-11H,2,5,7,12-13H2,1,3-4H3;4-8H,1,9H2,2-3H3;4-8,13H,1,9H2,2-3H3. The van der Waals surface area contributed by atoms with Gasteiger partial charge >= 0.3 is 13.0 Å². The first kappa shape index (κ1) is 66.4. The van der Waals surface area contributed by atoms with E-state index in [1.54, 1.807) is 64.1 Å². The van der Waals surface area contributed by atoms with Crippen LogP contribution in [0.25, 0.3) is 0 Å². The summed E-state index contributed by atoms with van der Waals surface area (Å²) in [5.74, 6) is 1.74. The Labute approximate surface area is 443 Å². The van der Waals surface area contributed by atoms with Crippen molar-refractivity contribution in [3.8, 4) is 23.0 Å². The summed E-state index contributed by atoms with van der Waals surface area (Å²) in [4.78, 5) is 47.2. The molecule has 0 saturated heterocycles. The Balaban J connectivity index is 0.000000500. The summed E-state index contributed by atoms with van der Waals surface area (Å²) in [5, 5.41) is 0. The van der Waals surface area contributed by atoms with Crippen molar-refractivity contribution in [3.63, 3.8) is 0 Å². The third-order valence-electron chi connectivity index (χ3n) is 13.4. The molecule has 0 saturated carbocycles. The molecule has 0 radical (unpaired) electrons. The molecule has 0 amide bonds. The van der Waals surface area contributed by atoms with Gasteiger partial charge in [-0.1, -0.05) is 93.1 Å². The van der Waals surface area contributed by atoms with Crippen molar-refractivity contribution >= 4 is 23.1 Å². The number of ketones is 4. The summed E-state index contributed by atoms with van der Waals surface area (Å²) in [7, 11) is 0. The first-order valence-electron chi connectivity index (χ1n) is 25.0. The van der Waals surface area contributed by atoms with Crippen LogP contribution in [-0.2, 0) is 40.8 Å². The van der Waals surface area contributed by atoms with Gasteiger partial charge in [-0.3, -0.25) is 19.2 Å². The van der Waals surface area contributed by atoms with Gasteiger partial charge in [0, 0.05) is 0 Å². The van der Waals surface area contributed by atoms with Crippen molar-refractivity contribution in [2.45, 2.75) is 162 Å². The van der Waals surface area contributed by atoms with Crippen molar-refractivity contribution in [2.75, 3.05) is 6.61 Å². The molecule has 0 aliphatic rings. The lowest BCUT2D eigenvalue weighted by atomic mass is 9.76. The van der Waals surface area contributed by atoms with Gasteiger partial charge in [0.1, 0.15) is 46.1 Å². The number of carbonyl (C=O) groups excluding carboxylic acids is 4. The summed E-state index contributed by atoms with van der Waals surface area (Å²) < 4.78 is 79.6. The summed E-state index contributed by atoms with van der Waals surface area (Å²) in [6, 6.07) is 27.1. The van der Waals surface area contributed by atoms with E-state index in [4.69, 9.17) is 9.47 Å². The molecule has 0 N–H and O–H groups in total. The van der Waals surface area contributed by atoms with Crippen LogP contribution < -0.4 is 18.9 Å². The molecule has 8 nitrogen and oxygen atoms in total. The molecule has 0 aliphatic carbocycles. The van der Waals surface area contributed by atoms with Crippen LogP contribution in [-0.4, -0.2) is 48.8 Å². The van der Waals surface area contributed by atoms with Crippen molar-refractivity contribution < 1.29 is 60.1 Å². The van der Waals surface area contributed by atoms with Gasteiger partial charge < -0.3 is 18.9 Å². The molecule has 0 bridgehead atoms. The van der Waals surface area contributed by atoms with Crippen LogP contribution in [0.15, 0.2) is 148 Å². The predicted octanol–water partition coefficient (Wildman–Crippen LogP) is 16.3. The van der Waals surface area contributed by atoms with Crippen LogP contribution in [0.5, 0.6) is 23.0 Å². The van der Waals surface area contributed by atoms with E-state index in [9.17, 15) is 41.1 Å². The Morgan fingerprint density at radius 3 is 1.01 bits per heavy atom. The number of rotatable bonds is 26. The van der Waals surface area contributed by atoms with E-state index >= 15 is 0 Å². The summed E-state index contributed by atoms with van der Waals surface area (Å²) in [5.41, 5.74) is 0.995. The predicted molar refractivity (Wildman–Crippen MR) is 291 cm³/mol. The number of alkyl halides is 5. The highest BCUT2D eigenvalue weighted by molar-refractivity contribution is 5.89.